The number of ether oxygens (including phenoxy) is 1. The normalized spacial score (nSPS) is 18.5. The topological polar surface area (TPSA) is 66.8 Å². The van der Waals surface area contributed by atoms with Gasteiger partial charge in [0.25, 0.3) is 5.91 Å². The highest BCUT2D eigenvalue weighted by atomic mass is 32.1. The zero-order valence-electron chi connectivity index (χ0n) is 19.3. The SMILES string of the molecule is COC(=O)c1ccc(CCCN2C(=O)C(F)(F)CC2C=CC(O)CCCCc2ccccc2)s1. The van der Waals surface area contributed by atoms with E-state index in [1.165, 1.54) is 35.0 Å². The summed E-state index contributed by atoms with van der Waals surface area (Å²) >= 11 is 1.30. The summed E-state index contributed by atoms with van der Waals surface area (Å²) in [7, 11) is 1.32. The molecule has 1 amide bonds. The van der Waals surface area contributed by atoms with E-state index >= 15 is 0 Å². The van der Waals surface area contributed by atoms with Gasteiger partial charge in [0.05, 0.1) is 19.3 Å². The number of aryl methyl sites for hydroxylation is 2. The van der Waals surface area contributed by atoms with Crippen LogP contribution in [0.2, 0.25) is 0 Å². The van der Waals surface area contributed by atoms with Gasteiger partial charge in [-0.2, -0.15) is 8.78 Å². The summed E-state index contributed by atoms with van der Waals surface area (Å²) in [6, 6.07) is 12.8. The third-order valence-corrected chi connectivity index (χ3v) is 7.05. The van der Waals surface area contributed by atoms with E-state index in [1.807, 2.05) is 24.3 Å². The lowest BCUT2D eigenvalue weighted by molar-refractivity contribution is -0.148. The van der Waals surface area contributed by atoms with Gasteiger partial charge in [0.15, 0.2) is 0 Å². The average Bonchev–Trinajstić information content (AvgIpc) is 3.38. The molecule has 0 aliphatic carbocycles. The van der Waals surface area contributed by atoms with Gasteiger partial charge in [-0.1, -0.05) is 48.9 Å². The molecule has 3 rings (SSSR count). The Kier molecular flexibility index (Phi) is 9.36. The highest BCUT2D eigenvalue weighted by Crippen LogP contribution is 2.34. The summed E-state index contributed by atoms with van der Waals surface area (Å²) in [5.41, 5.74) is 1.25. The Morgan fingerprint density at radius 2 is 1.97 bits per heavy atom. The number of carbonyl (C=O) groups is 2. The molecular weight excluding hydrogens is 460 g/mol. The second kappa shape index (κ2) is 12.2. The monoisotopic (exact) mass is 491 g/mol. The maximum Gasteiger partial charge on any atom is 0.348 e. The molecule has 2 atom stereocenters. The molecule has 1 aromatic heterocycles. The standard InChI is InChI=1S/C26H31F2NO4S/c1-33-24(31)23-16-15-22(34-23)12-7-17-29-20(18-26(27,28)25(29)32)13-14-21(30)11-6-5-10-19-8-3-2-4-9-19/h2-4,8-9,13-16,20-21,30H,5-7,10-12,17-18H2,1H3. The van der Waals surface area contributed by atoms with Gasteiger partial charge < -0.3 is 14.7 Å². The van der Waals surface area contributed by atoms with Gasteiger partial charge in [0.1, 0.15) is 4.88 Å². The van der Waals surface area contributed by atoms with Crippen LogP contribution in [-0.4, -0.2) is 53.6 Å². The molecule has 0 radical (unpaired) electrons. The van der Waals surface area contributed by atoms with Crippen LogP contribution in [0.25, 0.3) is 0 Å². The third-order valence-electron chi connectivity index (χ3n) is 5.92. The molecule has 8 heteroatoms. The summed E-state index contributed by atoms with van der Waals surface area (Å²) in [6.45, 7) is 0.183. The third kappa shape index (κ3) is 7.21. The molecule has 0 saturated carbocycles. The van der Waals surface area contributed by atoms with Crippen molar-refractivity contribution in [3.05, 3.63) is 69.9 Å². The number of likely N-dealkylation sites (tertiary alicyclic amines) is 1. The van der Waals surface area contributed by atoms with Crippen molar-refractivity contribution in [3.63, 3.8) is 0 Å². The number of nitrogens with zero attached hydrogens (tertiary/aromatic N) is 1. The van der Waals surface area contributed by atoms with Gasteiger partial charge in [-0.05, 0) is 49.8 Å². The van der Waals surface area contributed by atoms with Crippen molar-refractivity contribution in [2.24, 2.45) is 0 Å². The minimum Gasteiger partial charge on any atom is -0.465 e. The van der Waals surface area contributed by atoms with Crippen molar-refractivity contribution in [1.82, 2.24) is 4.90 Å². The number of rotatable bonds is 12. The van der Waals surface area contributed by atoms with Crippen LogP contribution in [0.1, 0.15) is 52.2 Å². The van der Waals surface area contributed by atoms with Gasteiger partial charge in [-0.3, -0.25) is 4.79 Å². The van der Waals surface area contributed by atoms with Crippen LogP contribution in [-0.2, 0) is 22.4 Å². The zero-order valence-corrected chi connectivity index (χ0v) is 20.1. The summed E-state index contributed by atoms with van der Waals surface area (Å²) in [5.74, 6) is -4.97. The number of halogens is 2. The van der Waals surface area contributed by atoms with E-state index in [4.69, 9.17) is 4.74 Å². The number of hydrogen-bond acceptors (Lipinski definition) is 5. The molecule has 1 aromatic carbocycles. The number of methoxy groups -OCH3 is 1. The van der Waals surface area contributed by atoms with Crippen LogP contribution in [0.5, 0.6) is 0 Å². The fraction of sp³-hybridized carbons (Fsp3) is 0.462. The van der Waals surface area contributed by atoms with Crippen LogP contribution in [0.3, 0.4) is 0 Å². The van der Waals surface area contributed by atoms with Crippen LogP contribution in [0.15, 0.2) is 54.6 Å². The number of unbranched alkanes of at least 4 members (excludes halogenated alkanes) is 1. The maximum atomic E-state index is 14.1. The number of carbonyl (C=O) groups excluding carboxylic acids is 2. The first-order chi connectivity index (χ1) is 16.3. The molecule has 1 N–H and O–H groups in total. The van der Waals surface area contributed by atoms with E-state index in [1.54, 1.807) is 12.1 Å². The Labute approximate surface area is 203 Å². The number of alkyl halides is 2. The van der Waals surface area contributed by atoms with Crippen LogP contribution >= 0.6 is 11.3 Å². The molecular formula is C26H31F2NO4S. The predicted molar refractivity (Wildman–Crippen MR) is 128 cm³/mol. The summed E-state index contributed by atoms with van der Waals surface area (Å²) in [5, 5.41) is 10.3. The first-order valence-electron chi connectivity index (χ1n) is 11.6. The van der Waals surface area contributed by atoms with Gasteiger partial charge in [0.2, 0.25) is 0 Å². The molecule has 0 bridgehead atoms. The zero-order chi connectivity index (χ0) is 24.6. The highest BCUT2D eigenvalue weighted by molar-refractivity contribution is 7.13. The number of amides is 1. The van der Waals surface area contributed by atoms with E-state index in [0.717, 1.165) is 24.1 Å². The number of hydrogen-bond donors (Lipinski definition) is 1. The Bertz CT molecular complexity index is 976. The quantitative estimate of drug-likeness (QED) is 0.257. The summed E-state index contributed by atoms with van der Waals surface area (Å²) < 4.78 is 32.9. The molecule has 1 fully saturated rings. The van der Waals surface area contributed by atoms with Gasteiger partial charge in [0, 0.05) is 17.8 Å². The second-order valence-electron chi connectivity index (χ2n) is 8.52. The molecule has 2 heterocycles. The van der Waals surface area contributed by atoms with Crippen molar-refractivity contribution in [2.45, 2.75) is 63.0 Å². The van der Waals surface area contributed by atoms with Crippen LogP contribution in [0.4, 0.5) is 8.78 Å². The predicted octanol–water partition coefficient (Wildman–Crippen LogP) is 5.03. The highest BCUT2D eigenvalue weighted by Gasteiger charge is 2.52. The lowest BCUT2D eigenvalue weighted by atomic mass is 10.0. The number of benzene rings is 1. The Balaban J connectivity index is 1.47. The summed E-state index contributed by atoms with van der Waals surface area (Å²) in [4.78, 5) is 26.4. The lowest BCUT2D eigenvalue weighted by Crippen LogP contribution is -2.36. The van der Waals surface area contributed by atoms with E-state index < -0.39 is 36.4 Å². The average molecular weight is 492 g/mol. The number of aliphatic hydroxyl groups excluding tert-OH is 1. The first kappa shape index (κ1) is 26.0. The molecule has 34 heavy (non-hydrogen) atoms. The van der Waals surface area contributed by atoms with Crippen LogP contribution < -0.4 is 0 Å². The first-order valence-corrected chi connectivity index (χ1v) is 12.4. The molecule has 1 aliphatic rings. The molecule has 2 aromatic rings. The molecule has 0 spiro atoms. The smallest absolute Gasteiger partial charge is 0.348 e. The number of aliphatic hydroxyl groups is 1. The van der Waals surface area contributed by atoms with E-state index in [9.17, 15) is 23.5 Å². The van der Waals surface area contributed by atoms with Crippen molar-refractivity contribution < 1.29 is 28.2 Å². The van der Waals surface area contributed by atoms with Crippen molar-refractivity contribution in [3.8, 4) is 0 Å². The Morgan fingerprint density at radius 3 is 2.71 bits per heavy atom. The molecule has 5 nitrogen and oxygen atoms in total. The molecule has 2 unspecified atom stereocenters. The van der Waals surface area contributed by atoms with Crippen molar-refractivity contribution in [1.29, 1.82) is 0 Å². The van der Waals surface area contributed by atoms with E-state index in [2.05, 4.69) is 12.1 Å². The molecule has 184 valence electrons. The van der Waals surface area contributed by atoms with Crippen molar-refractivity contribution in [2.75, 3.05) is 13.7 Å². The second-order valence-corrected chi connectivity index (χ2v) is 9.69. The summed E-state index contributed by atoms with van der Waals surface area (Å²) in [6.07, 6.45) is 6.06. The number of thiophene rings is 1. The maximum absolute atomic E-state index is 14.1. The van der Waals surface area contributed by atoms with Gasteiger partial charge in [-0.15, -0.1) is 11.3 Å². The number of esters is 1. The van der Waals surface area contributed by atoms with Gasteiger partial charge in [-0.25, -0.2) is 4.79 Å². The minimum absolute atomic E-state index is 0.183. The molecule has 1 aliphatic heterocycles. The molecule has 1 saturated heterocycles. The van der Waals surface area contributed by atoms with Gasteiger partial charge >= 0.3 is 11.9 Å². The van der Waals surface area contributed by atoms with E-state index in [0.29, 0.717) is 24.1 Å². The Morgan fingerprint density at radius 1 is 1.21 bits per heavy atom. The largest absolute Gasteiger partial charge is 0.465 e. The van der Waals surface area contributed by atoms with Crippen molar-refractivity contribution >= 4 is 23.2 Å². The lowest BCUT2D eigenvalue weighted by Gasteiger charge is -2.22. The van der Waals surface area contributed by atoms with Crippen LogP contribution in [0, 0.1) is 0 Å². The fourth-order valence-corrected chi connectivity index (χ4v) is 5.05. The Hall–Kier alpha value is -2.58. The minimum atomic E-state index is -3.39. The fourth-order valence-electron chi connectivity index (χ4n) is 4.09. The van der Waals surface area contributed by atoms with E-state index in [-0.39, 0.29) is 6.54 Å².